The number of hydrogen-bond donors (Lipinski definition) is 1. The highest BCUT2D eigenvalue weighted by molar-refractivity contribution is 5.97. The quantitative estimate of drug-likeness (QED) is 0.833. The Labute approximate surface area is 125 Å². The fourth-order valence-electron chi connectivity index (χ4n) is 2.65. The third kappa shape index (κ3) is 3.64. The van der Waals surface area contributed by atoms with Crippen molar-refractivity contribution in [3.05, 3.63) is 17.8 Å². The van der Waals surface area contributed by atoms with Gasteiger partial charge in [-0.3, -0.25) is 0 Å². The maximum Gasteiger partial charge on any atom is 0.340 e. The summed E-state index contributed by atoms with van der Waals surface area (Å²) in [6.07, 6.45) is 3.69. The molecular weight excluding hydrogens is 270 g/mol. The number of piperidine rings is 1. The Morgan fingerprint density at radius 2 is 2.19 bits per heavy atom. The van der Waals surface area contributed by atoms with Crippen LogP contribution in [0.3, 0.4) is 0 Å². The van der Waals surface area contributed by atoms with Crippen molar-refractivity contribution in [1.82, 2.24) is 4.98 Å². The lowest BCUT2D eigenvalue weighted by atomic mass is 9.97. The summed E-state index contributed by atoms with van der Waals surface area (Å²) in [6.45, 7) is 4.64. The molecule has 2 rings (SSSR count). The lowest BCUT2D eigenvalue weighted by Crippen LogP contribution is -2.36. The maximum absolute atomic E-state index is 11.9. The first-order valence-corrected chi connectivity index (χ1v) is 7.32. The van der Waals surface area contributed by atoms with E-state index in [1.54, 1.807) is 26.3 Å². The number of carbonyl (C=O) groups is 1. The first-order valence-electron chi connectivity index (χ1n) is 7.32. The highest BCUT2D eigenvalue weighted by Gasteiger charge is 2.23. The second-order valence-electron chi connectivity index (χ2n) is 5.20. The van der Waals surface area contributed by atoms with Crippen LogP contribution in [0.15, 0.2) is 12.3 Å². The van der Waals surface area contributed by atoms with E-state index >= 15 is 0 Å². The molecule has 0 saturated carbocycles. The lowest BCUT2D eigenvalue weighted by molar-refractivity contribution is 0.0527. The van der Waals surface area contributed by atoms with E-state index in [0.717, 1.165) is 32.5 Å². The van der Waals surface area contributed by atoms with E-state index in [1.807, 2.05) is 0 Å². The van der Waals surface area contributed by atoms with E-state index in [2.05, 4.69) is 9.88 Å². The number of pyridine rings is 1. The smallest absolute Gasteiger partial charge is 0.340 e. The number of rotatable bonds is 5. The average Bonchev–Trinajstić information content (AvgIpc) is 2.49. The van der Waals surface area contributed by atoms with Crippen molar-refractivity contribution in [3.63, 3.8) is 0 Å². The summed E-state index contributed by atoms with van der Waals surface area (Å²) in [6, 6.07) is 1.61. The molecule has 116 valence electrons. The van der Waals surface area contributed by atoms with Gasteiger partial charge in [-0.2, -0.15) is 0 Å². The van der Waals surface area contributed by atoms with Gasteiger partial charge in [0.15, 0.2) is 5.82 Å². The maximum atomic E-state index is 11.9. The van der Waals surface area contributed by atoms with Crippen LogP contribution in [0, 0.1) is 5.92 Å². The number of anilines is 2. The van der Waals surface area contributed by atoms with Crippen molar-refractivity contribution < 1.29 is 14.3 Å². The van der Waals surface area contributed by atoms with E-state index < -0.39 is 5.97 Å². The minimum atomic E-state index is -0.395. The van der Waals surface area contributed by atoms with E-state index in [1.165, 1.54) is 0 Å². The van der Waals surface area contributed by atoms with Crippen molar-refractivity contribution in [2.75, 3.05) is 44.0 Å². The minimum Gasteiger partial charge on any atom is -0.462 e. The van der Waals surface area contributed by atoms with Gasteiger partial charge in [-0.1, -0.05) is 0 Å². The Kier molecular flexibility index (Phi) is 5.38. The lowest BCUT2D eigenvalue weighted by Gasteiger charge is -2.33. The van der Waals surface area contributed by atoms with Crippen LogP contribution >= 0.6 is 0 Å². The van der Waals surface area contributed by atoms with Crippen LogP contribution in [0.5, 0.6) is 0 Å². The van der Waals surface area contributed by atoms with Gasteiger partial charge < -0.3 is 20.1 Å². The number of carbonyl (C=O) groups excluding carboxylic acids is 1. The van der Waals surface area contributed by atoms with Crippen LogP contribution in [0.25, 0.3) is 0 Å². The van der Waals surface area contributed by atoms with Crippen molar-refractivity contribution in [1.29, 1.82) is 0 Å². The number of nitrogen functional groups attached to an aromatic ring is 1. The monoisotopic (exact) mass is 293 g/mol. The average molecular weight is 293 g/mol. The van der Waals surface area contributed by atoms with Gasteiger partial charge in [0.05, 0.1) is 17.9 Å². The number of ether oxygens (including phenoxy) is 2. The van der Waals surface area contributed by atoms with Crippen LogP contribution in [-0.4, -0.2) is 44.4 Å². The molecule has 6 nitrogen and oxygen atoms in total. The van der Waals surface area contributed by atoms with Crippen LogP contribution < -0.4 is 10.6 Å². The zero-order valence-electron chi connectivity index (χ0n) is 12.7. The summed E-state index contributed by atoms with van der Waals surface area (Å²) in [5.74, 6) is 0.866. The molecule has 0 spiro atoms. The van der Waals surface area contributed by atoms with Gasteiger partial charge in [0, 0.05) is 33.0 Å². The molecule has 6 heteroatoms. The number of esters is 1. The minimum absolute atomic E-state index is 0.332. The summed E-state index contributed by atoms with van der Waals surface area (Å²) >= 11 is 0. The molecule has 1 fully saturated rings. The molecule has 0 bridgehead atoms. The van der Waals surface area contributed by atoms with Gasteiger partial charge >= 0.3 is 5.97 Å². The topological polar surface area (TPSA) is 77.7 Å². The van der Waals surface area contributed by atoms with Crippen molar-refractivity contribution in [2.24, 2.45) is 5.92 Å². The standard InChI is InChI=1S/C15H23N3O3/c1-3-21-15(19)12-4-7-17-14(13(12)16)18-8-5-11(6-9-18)10-20-2/h4,7,11H,3,5-6,8-10,16H2,1-2H3. The molecular formula is C15H23N3O3. The zero-order valence-corrected chi connectivity index (χ0v) is 12.7. The van der Waals surface area contributed by atoms with Gasteiger partial charge in [-0.05, 0) is 31.7 Å². The van der Waals surface area contributed by atoms with Gasteiger partial charge in [0.2, 0.25) is 0 Å². The molecule has 1 aromatic rings. The molecule has 0 atom stereocenters. The van der Waals surface area contributed by atoms with E-state index in [-0.39, 0.29) is 0 Å². The zero-order chi connectivity index (χ0) is 15.2. The summed E-state index contributed by atoms with van der Waals surface area (Å²) in [5.41, 5.74) is 6.90. The van der Waals surface area contributed by atoms with E-state index in [4.69, 9.17) is 15.2 Å². The molecule has 1 saturated heterocycles. The van der Waals surface area contributed by atoms with Crippen molar-refractivity contribution >= 4 is 17.5 Å². The molecule has 1 aliphatic heterocycles. The van der Waals surface area contributed by atoms with Gasteiger partial charge in [0.1, 0.15) is 0 Å². The molecule has 2 heterocycles. The Hall–Kier alpha value is -1.82. The van der Waals surface area contributed by atoms with E-state index in [0.29, 0.717) is 29.6 Å². The number of methoxy groups -OCH3 is 1. The Morgan fingerprint density at radius 1 is 1.48 bits per heavy atom. The van der Waals surface area contributed by atoms with Crippen molar-refractivity contribution in [3.8, 4) is 0 Å². The molecule has 2 N–H and O–H groups in total. The number of aromatic nitrogens is 1. The fourth-order valence-corrected chi connectivity index (χ4v) is 2.65. The molecule has 0 unspecified atom stereocenters. The molecule has 0 aliphatic carbocycles. The number of nitrogens with zero attached hydrogens (tertiary/aromatic N) is 2. The molecule has 21 heavy (non-hydrogen) atoms. The third-order valence-corrected chi connectivity index (χ3v) is 3.78. The number of hydrogen-bond acceptors (Lipinski definition) is 6. The van der Waals surface area contributed by atoms with Crippen LogP contribution in [0.2, 0.25) is 0 Å². The summed E-state index contributed by atoms with van der Waals surface area (Å²) in [5, 5.41) is 0. The Balaban J connectivity index is 2.11. The predicted molar refractivity (Wildman–Crippen MR) is 81.4 cm³/mol. The van der Waals surface area contributed by atoms with Crippen LogP contribution in [0.1, 0.15) is 30.1 Å². The number of nitrogens with two attached hydrogens (primary N) is 1. The third-order valence-electron chi connectivity index (χ3n) is 3.78. The largest absolute Gasteiger partial charge is 0.462 e. The Morgan fingerprint density at radius 3 is 2.81 bits per heavy atom. The van der Waals surface area contributed by atoms with Gasteiger partial charge in [0.25, 0.3) is 0 Å². The molecule has 0 amide bonds. The second-order valence-corrected chi connectivity index (χ2v) is 5.20. The molecule has 1 aromatic heterocycles. The normalized spacial score (nSPS) is 16.0. The highest BCUT2D eigenvalue weighted by Crippen LogP contribution is 2.28. The second kappa shape index (κ2) is 7.26. The molecule has 0 aromatic carbocycles. The predicted octanol–water partition coefficient (Wildman–Crippen LogP) is 1.70. The summed E-state index contributed by atoms with van der Waals surface area (Å²) < 4.78 is 10.2. The highest BCUT2D eigenvalue weighted by atomic mass is 16.5. The van der Waals surface area contributed by atoms with Gasteiger partial charge in [-0.15, -0.1) is 0 Å². The molecule has 1 aliphatic rings. The first-order chi connectivity index (χ1) is 10.2. The van der Waals surface area contributed by atoms with Crippen LogP contribution in [0.4, 0.5) is 11.5 Å². The SMILES string of the molecule is CCOC(=O)c1ccnc(N2CCC(COC)CC2)c1N. The fraction of sp³-hybridized carbons (Fsp3) is 0.600. The molecule has 0 radical (unpaired) electrons. The van der Waals surface area contributed by atoms with Crippen LogP contribution in [-0.2, 0) is 9.47 Å². The van der Waals surface area contributed by atoms with Crippen molar-refractivity contribution in [2.45, 2.75) is 19.8 Å². The van der Waals surface area contributed by atoms with E-state index in [9.17, 15) is 4.79 Å². The Bertz CT molecular complexity index is 485. The van der Waals surface area contributed by atoms with Gasteiger partial charge in [-0.25, -0.2) is 9.78 Å². The summed E-state index contributed by atoms with van der Waals surface area (Å²) in [7, 11) is 1.73. The summed E-state index contributed by atoms with van der Waals surface area (Å²) in [4.78, 5) is 18.3. The first kappa shape index (κ1) is 15.6.